The number of hydrogen-bond acceptors (Lipinski definition) is 4. The summed E-state index contributed by atoms with van der Waals surface area (Å²) in [4.78, 5) is 16.3. The van der Waals surface area contributed by atoms with Gasteiger partial charge >= 0.3 is 6.09 Å². The van der Waals surface area contributed by atoms with E-state index < -0.39 is 0 Å². The molecule has 5 heteroatoms. The van der Waals surface area contributed by atoms with Crippen LogP contribution in [0.1, 0.15) is 44.6 Å². The van der Waals surface area contributed by atoms with Crippen molar-refractivity contribution in [1.82, 2.24) is 9.80 Å². The van der Waals surface area contributed by atoms with E-state index in [2.05, 4.69) is 48.2 Å². The van der Waals surface area contributed by atoms with Crippen LogP contribution in [0.3, 0.4) is 0 Å². The number of piperidine rings is 1. The van der Waals surface area contributed by atoms with E-state index in [4.69, 9.17) is 9.47 Å². The van der Waals surface area contributed by atoms with Gasteiger partial charge in [0.1, 0.15) is 6.10 Å². The largest absolute Gasteiger partial charge is 0.495 e. The van der Waals surface area contributed by atoms with Crippen LogP contribution >= 0.6 is 0 Å². The number of ether oxygens (including phenoxy) is 2. The fraction of sp³-hybridized carbons (Fsp3) is 0.591. The van der Waals surface area contributed by atoms with Gasteiger partial charge in [-0.1, -0.05) is 43.7 Å². The number of nitrogens with zero attached hydrogens (tertiary/aromatic N) is 2. The molecule has 1 amide bonds. The SMILES string of the molecule is CCCCOC(=O)N1CCC(OC2=CCN(Cc3ccccc3)CC2)CC1. The molecule has 2 heterocycles. The molecule has 0 aliphatic carbocycles. The summed E-state index contributed by atoms with van der Waals surface area (Å²) in [5.41, 5.74) is 1.36. The molecule has 0 bridgehead atoms. The monoisotopic (exact) mass is 372 g/mol. The molecule has 1 saturated heterocycles. The van der Waals surface area contributed by atoms with Gasteiger partial charge < -0.3 is 14.4 Å². The first-order valence-electron chi connectivity index (χ1n) is 10.3. The van der Waals surface area contributed by atoms with E-state index in [0.29, 0.717) is 6.61 Å². The third-order valence-corrected chi connectivity index (χ3v) is 5.24. The van der Waals surface area contributed by atoms with Gasteiger partial charge in [0.15, 0.2) is 0 Å². The molecule has 0 unspecified atom stereocenters. The summed E-state index contributed by atoms with van der Waals surface area (Å²) in [6.45, 7) is 7.03. The Morgan fingerprint density at radius 3 is 2.59 bits per heavy atom. The van der Waals surface area contributed by atoms with Gasteiger partial charge in [0.2, 0.25) is 0 Å². The van der Waals surface area contributed by atoms with Crippen molar-refractivity contribution in [1.29, 1.82) is 0 Å². The Bertz CT molecular complexity index is 609. The van der Waals surface area contributed by atoms with Crippen molar-refractivity contribution in [3.05, 3.63) is 47.7 Å². The molecule has 3 rings (SSSR count). The third kappa shape index (κ3) is 6.28. The van der Waals surface area contributed by atoms with Crippen LogP contribution in [-0.2, 0) is 16.0 Å². The lowest BCUT2D eigenvalue weighted by atomic mass is 10.1. The Labute approximate surface area is 162 Å². The van der Waals surface area contributed by atoms with Gasteiger partial charge in [-0.2, -0.15) is 0 Å². The molecular weight excluding hydrogens is 340 g/mol. The van der Waals surface area contributed by atoms with Crippen molar-refractivity contribution >= 4 is 6.09 Å². The van der Waals surface area contributed by atoms with Crippen molar-refractivity contribution in [3.8, 4) is 0 Å². The lowest BCUT2D eigenvalue weighted by Crippen LogP contribution is -2.41. The summed E-state index contributed by atoms with van der Waals surface area (Å²) in [5.74, 6) is 1.11. The number of rotatable bonds is 7. The molecule has 148 valence electrons. The predicted molar refractivity (Wildman–Crippen MR) is 106 cm³/mol. The molecular formula is C22H32N2O3. The van der Waals surface area contributed by atoms with Gasteiger partial charge in [-0.3, -0.25) is 4.90 Å². The maximum Gasteiger partial charge on any atom is 0.409 e. The number of hydrogen-bond donors (Lipinski definition) is 0. The zero-order valence-electron chi connectivity index (χ0n) is 16.4. The molecule has 0 aromatic heterocycles. The second-order valence-corrected chi connectivity index (χ2v) is 7.41. The molecule has 1 aromatic carbocycles. The summed E-state index contributed by atoms with van der Waals surface area (Å²) < 4.78 is 11.5. The van der Waals surface area contributed by atoms with E-state index in [1.165, 1.54) is 5.56 Å². The van der Waals surface area contributed by atoms with Crippen LogP contribution in [0.25, 0.3) is 0 Å². The molecule has 27 heavy (non-hydrogen) atoms. The lowest BCUT2D eigenvalue weighted by Gasteiger charge is -2.33. The van der Waals surface area contributed by atoms with Crippen molar-refractivity contribution in [3.63, 3.8) is 0 Å². The summed E-state index contributed by atoms with van der Waals surface area (Å²) in [6, 6.07) is 10.6. The predicted octanol–water partition coefficient (Wildman–Crippen LogP) is 4.19. The lowest BCUT2D eigenvalue weighted by molar-refractivity contribution is 0.0330. The fourth-order valence-corrected chi connectivity index (χ4v) is 3.55. The number of amides is 1. The first-order valence-corrected chi connectivity index (χ1v) is 10.3. The summed E-state index contributed by atoms with van der Waals surface area (Å²) in [7, 11) is 0. The maximum atomic E-state index is 12.0. The van der Waals surface area contributed by atoms with Crippen LogP contribution in [0.5, 0.6) is 0 Å². The summed E-state index contributed by atoms with van der Waals surface area (Å²) >= 11 is 0. The molecule has 0 radical (unpaired) electrons. The van der Waals surface area contributed by atoms with Gasteiger partial charge in [0.25, 0.3) is 0 Å². The molecule has 1 aromatic rings. The minimum Gasteiger partial charge on any atom is -0.495 e. The Morgan fingerprint density at radius 2 is 1.93 bits per heavy atom. The van der Waals surface area contributed by atoms with Crippen LogP contribution in [0.4, 0.5) is 4.79 Å². The van der Waals surface area contributed by atoms with Crippen molar-refractivity contribution in [2.45, 2.75) is 51.7 Å². The highest BCUT2D eigenvalue weighted by molar-refractivity contribution is 5.67. The van der Waals surface area contributed by atoms with E-state index >= 15 is 0 Å². The van der Waals surface area contributed by atoms with Crippen molar-refractivity contribution in [2.24, 2.45) is 0 Å². The van der Waals surface area contributed by atoms with E-state index in [1.807, 2.05) is 4.90 Å². The Hall–Kier alpha value is -2.01. The zero-order chi connectivity index (χ0) is 18.9. The zero-order valence-corrected chi connectivity index (χ0v) is 16.4. The van der Waals surface area contributed by atoms with E-state index in [1.54, 1.807) is 0 Å². The smallest absolute Gasteiger partial charge is 0.409 e. The quantitative estimate of drug-likeness (QED) is 0.673. The van der Waals surface area contributed by atoms with Gasteiger partial charge in [0.05, 0.1) is 12.4 Å². The third-order valence-electron chi connectivity index (χ3n) is 5.24. The number of likely N-dealkylation sites (tertiary alicyclic amines) is 1. The van der Waals surface area contributed by atoms with E-state index in [-0.39, 0.29) is 12.2 Å². The van der Waals surface area contributed by atoms with Crippen LogP contribution < -0.4 is 0 Å². The van der Waals surface area contributed by atoms with Crippen LogP contribution in [0, 0.1) is 0 Å². The van der Waals surface area contributed by atoms with E-state index in [9.17, 15) is 4.79 Å². The molecule has 0 saturated carbocycles. The van der Waals surface area contributed by atoms with E-state index in [0.717, 1.165) is 70.6 Å². The highest BCUT2D eigenvalue weighted by Crippen LogP contribution is 2.21. The normalized spacial score (nSPS) is 18.9. The minimum atomic E-state index is -0.171. The Kier molecular flexibility index (Phi) is 7.57. The molecule has 2 aliphatic heterocycles. The number of benzene rings is 1. The summed E-state index contributed by atoms with van der Waals surface area (Å²) in [6.07, 6.45) is 6.97. The summed E-state index contributed by atoms with van der Waals surface area (Å²) in [5, 5.41) is 0. The minimum absolute atomic E-state index is 0.171. The second-order valence-electron chi connectivity index (χ2n) is 7.41. The average molecular weight is 373 g/mol. The van der Waals surface area contributed by atoms with Crippen molar-refractivity contribution < 1.29 is 14.3 Å². The molecule has 0 spiro atoms. The van der Waals surface area contributed by atoms with Crippen molar-refractivity contribution in [2.75, 3.05) is 32.8 Å². The molecule has 5 nitrogen and oxygen atoms in total. The standard InChI is InChI=1S/C22H32N2O3/c1-2-3-17-26-22(25)24-15-11-21(12-16-24)27-20-9-13-23(14-10-20)18-19-7-5-4-6-8-19/h4-9,21H,2-3,10-18H2,1H3. The first-order chi connectivity index (χ1) is 13.2. The van der Waals surface area contributed by atoms with Gasteiger partial charge in [-0.15, -0.1) is 0 Å². The van der Waals surface area contributed by atoms with Gasteiger partial charge in [-0.25, -0.2) is 4.79 Å². The molecule has 2 aliphatic rings. The molecule has 0 N–H and O–H groups in total. The molecule has 1 fully saturated rings. The maximum absolute atomic E-state index is 12.0. The van der Waals surface area contributed by atoms with Crippen LogP contribution in [0.15, 0.2) is 42.2 Å². The highest BCUT2D eigenvalue weighted by atomic mass is 16.6. The Balaban J connectivity index is 1.36. The van der Waals surface area contributed by atoms with Crippen LogP contribution in [-0.4, -0.2) is 54.8 Å². The van der Waals surface area contributed by atoms with Gasteiger partial charge in [0, 0.05) is 52.0 Å². The van der Waals surface area contributed by atoms with Crippen LogP contribution in [0.2, 0.25) is 0 Å². The molecule has 0 atom stereocenters. The number of carbonyl (C=O) groups is 1. The number of carbonyl (C=O) groups excluding carboxylic acids is 1. The Morgan fingerprint density at radius 1 is 1.15 bits per heavy atom. The number of unbranched alkanes of at least 4 members (excludes halogenated alkanes) is 1. The first kappa shape index (κ1) is 19.7. The highest BCUT2D eigenvalue weighted by Gasteiger charge is 2.25. The average Bonchev–Trinajstić information content (AvgIpc) is 2.71. The topological polar surface area (TPSA) is 42.0 Å². The second kappa shape index (κ2) is 10.4. The fourth-order valence-electron chi connectivity index (χ4n) is 3.55. The van der Waals surface area contributed by atoms with Gasteiger partial charge in [-0.05, 0) is 18.1 Å².